The molecule has 0 aliphatic heterocycles. The number of hydrogen-bond donors (Lipinski definition) is 1. The summed E-state index contributed by atoms with van der Waals surface area (Å²) >= 11 is 0. The van der Waals surface area contributed by atoms with Crippen molar-refractivity contribution in [1.82, 2.24) is 0 Å². The Bertz CT molecular complexity index is 537. The van der Waals surface area contributed by atoms with Gasteiger partial charge in [0.2, 0.25) is 0 Å². The molecule has 2 aromatic carbocycles. The zero-order chi connectivity index (χ0) is 13.7. The molecular weight excluding hydrogens is 241 g/mol. The molecule has 0 spiro atoms. The summed E-state index contributed by atoms with van der Waals surface area (Å²) in [4.78, 5) is 0. The first-order valence-electron chi connectivity index (χ1n) is 6.45. The topological polar surface area (TPSA) is 35.2 Å². The van der Waals surface area contributed by atoms with E-state index in [9.17, 15) is 4.39 Å². The van der Waals surface area contributed by atoms with Crippen LogP contribution < -0.4 is 10.5 Å². The fourth-order valence-electron chi connectivity index (χ4n) is 1.91. The van der Waals surface area contributed by atoms with Crippen molar-refractivity contribution in [2.75, 3.05) is 5.73 Å². The van der Waals surface area contributed by atoms with Crippen molar-refractivity contribution in [3.05, 3.63) is 59.4 Å². The minimum atomic E-state index is -0.398. The number of halogens is 1. The number of anilines is 1. The van der Waals surface area contributed by atoms with Gasteiger partial charge in [0.1, 0.15) is 12.4 Å². The van der Waals surface area contributed by atoms with Gasteiger partial charge in [-0.2, -0.15) is 0 Å². The number of hydrogen-bond acceptors (Lipinski definition) is 2. The first-order chi connectivity index (χ1) is 9.20. The predicted molar refractivity (Wildman–Crippen MR) is 75.6 cm³/mol. The van der Waals surface area contributed by atoms with E-state index in [1.165, 1.54) is 5.56 Å². The van der Waals surface area contributed by atoms with Gasteiger partial charge < -0.3 is 10.5 Å². The van der Waals surface area contributed by atoms with Gasteiger partial charge in [-0.25, -0.2) is 4.39 Å². The zero-order valence-electron chi connectivity index (χ0n) is 11.0. The Morgan fingerprint density at radius 3 is 2.53 bits per heavy atom. The zero-order valence-corrected chi connectivity index (χ0v) is 11.0. The van der Waals surface area contributed by atoms with Crippen LogP contribution in [-0.2, 0) is 13.0 Å². The quantitative estimate of drug-likeness (QED) is 0.825. The number of nitrogens with two attached hydrogens (primary N) is 1. The third-order valence-electron chi connectivity index (χ3n) is 2.96. The van der Waals surface area contributed by atoms with Crippen LogP contribution in [0.4, 0.5) is 10.1 Å². The maximum Gasteiger partial charge on any atom is 0.152 e. The van der Waals surface area contributed by atoms with Crippen LogP contribution in [0.3, 0.4) is 0 Å². The van der Waals surface area contributed by atoms with E-state index in [4.69, 9.17) is 10.5 Å². The molecule has 0 amide bonds. The van der Waals surface area contributed by atoms with E-state index in [-0.39, 0.29) is 12.3 Å². The van der Waals surface area contributed by atoms with Gasteiger partial charge in [0.05, 0.1) is 5.69 Å². The summed E-state index contributed by atoms with van der Waals surface area (Å²) in [5.41, 5.74) is 7.42. The molecule has 0 radical (unpaired) electrons. The standard InChI is InChI=1S/C16H18FNO/c1-2-4-12-7-9-14(10-8-12)19-11-13-5-3-6-15(18)16(13)17/h3,5-10H,2,4,11,18H2,1H3. The molecule has 0 heterocycles. The van der Waals surface area contributed by atoms with Crippen molar-refractivity contribution >= 4 is 5.69 Å². The Balaban J connectivity index is 2.00. The Morgan fingerprint density at radius 1 is 1.11 bits per heavy atom. The molecule has 0 saturated carbocycles. The molecule has 0 fully saturated rings. The van der Waals surface area contributed by atoms with Crippen molar-refractivity contribution < 1.29 is 9.13 Å². The van der Waals surface area contributed by atoms with Gasteiger partial charge >= 0.3 is 0 Å². The lowest BCUT2D eigenvalue weighted by molar-refractivity contribution is 0.300. The van der Waals surface area contributed by atoms with Crippen LogP contribution in [0.2, 0.25) is 0 Å². The van der Waals surface area contributed by atoms with E-state index in [1.807, 2.05) is 24.3 Å². The molecule has 0 bridgehead atoms. The van der Waals surface area contributed by atoms with Gasteiger partial charge in [-0.3, -0.25) is 0 Å². The Morgan fingerprint density at radius 2 is 1.84 bits per heavy atom. The molecule has 2 rings (SSSR count). The minimum Gasteiger partial charge on any atom is -0.489 e. The van der Waals surface area contributed by atoms with Crippen LogP contribution >= 0.6 is 0 Å². The monoisotopic (exact) mass is 259 g/mol. The van der Waals surface area contributed by atoms with Crippen LogP contribution in [0.5, 0.6) is 5.75 Å². The third kappa shape index (κ3) is 3.47. The third-order valence-corrected chi connectivity index (χ3v) is 2.96. The molecule has 2 N–H and O–H groups in total. The highest BCUT2D eigenvalue weighted by Crippen LogP contribution is 2.18. The van der Waals surface area contributed by atoms with Crippen molar-refractivity contribution in [1.29, 1.82) is 0 Å². The van der Waals surface area contributed by atoms with Crippen molar-refractivity contribution in [3.63, 3.8) is 0 Å². The molecule has 0 atom stereocenters. The van der Waals surface area contributed by atoms with E-state index in [1.54, 1.807) is 18.2 Å². The summed E-state index contributed by atoms with van der Waals surface area (Å²) in [7, 11) is 0. The maximum absolute atomic E-state index is 13.7. The highest BCUT2D eigenvalue weighted by atomic mass is 19.1. The second-order valence-electron chi connectivity index (χ2n) is 4.50. The van der Waals surface area contributed by atoms with Crippen molar-refractivity contribution in [3.8, 4) is 5.75 Å². The molecule has 3 heteroatoms. The smallest absolute Gasteiger partial charge is 0.152 e. The molecule has 19 heavy (non-hydrogen) atoms. The summed E-state index contributed by atoms with van der Waals surface area (Å²) < 4.78 is 19.2. The van der Waals surface area contributed by atoms with Gasteiger partial charge in [-0.05, 0) is 30.2 Å². The van der Waals surface area contributed by atoms with E-state index >= 15 is 0 Å². The van der Waals surface area contributed by atoms with Crippen molar-refractivity contribution in [2.45, 2.75) is 26.4 Å². The summed E-state index contributed by atoms with van der Waals surface area (Å²) in [6.07, 6.45) is 2.18. The van der Waals surface area contributed by atoms with E-state index in [0.717, 1.165) is 18.6 Å². The first kappa shape index (κ1) is 13.4. The van der Waals surface area contributed by atoms with E-state index in [2.05, 4.69) is 6.92 Å². The lowest BCUT2D eigenvalue weighted by atomic mass is 10.1. The highest BCUT2D eigenvalue weighted by molar-refractivity contribution is 5.42. The Labute approximate surface area is 113 Å². The number of rotatable bonds is 5. The lowest BCUT2D eigenvalue weighted by Gasteiger charge is -2.09. The fraction of sp³-hybridized carbons (Fsp3) is 0.250. The number of nitrogen functional groups attached to an aromatic ring is 1. The minimum absolute atomic E-state index is 0.152. The predicted octanol–water partition coefficient (Wildman–Crippen LogP) is 3.94. The average molecular weight is 259 g/mol. The van der Waals surface area contributed by atoms with E-state index < -0.39 is 5.82 Å². The molecule has 2 aromatic rings. The molecule has 0 aliphatic rings. The molecule has 0 saturated heterocycles. The van der Waals surface area contributed by atoms with Gasteiger partial charge in [0.25, 0.3) is 0 Å². The number of aryl methyl sites for hydroxylation is 1. The average Bonchev–Trinajstić information content (AvgIpc) is 2.42. The first-order valence-corrected chi connectivity index (χ1v) is 6.45. The fourth-order valence-corrected chi connectivity index (χ4v) is 1.91. The van der Waals surface area contributed by atoms with Crippen LogP contribution in [0.15, 0.2) is 42.5 Å². The highest BCUT2D eigenvalue weighted by Gasteiger charge is 2.05. The van der Waals surface area contributed by atoms with Crippen LogP contribution in [0.1, 0.15) is 24.5 Å². The lowest BCUT2D eigenvalue weighted by Crippen LogP contribution is -2.01. The molecular formula is C16H18FNO. The number of benzene rings is 2. The molecule has 0 unspecified atom stereocenters. The SMILES string of the molecule is CCCc1ccc(OCc2cccc(N)c2F)cc1. The van der Waals surface area contributed by atoms with Gasteiger partial charge in [-0.1, -0.05) is 37.6 Å². The summed E-state index contributed by atoms with van der Waals surface area (Å²) in [5, 5.41) is 0. The Hall–Kier alpha value is -2.03. The second kappa shape index (κ2) is 6.23. The molecule has 100 valence electrons. The van der Waals surface area contributed by atoms with Crippen LogP contribution in [0.25, 0.3) is 0 Å². The van der Waals surface area contributed by atoms with E-state index in [0.29, 0.717) is 5.56 Å². The Kier molecular flexibility index (Phi) is 4.39. The van der Waals surface area contributed by atoms with Crippen molar-refractivity contribution in [2.24, 2.45) is 0 Å². The van der Waals surface area contributed by atoms with Crippen LogP contribution in [0, 0.1) is 5.82 Å². The summed E-state index contributed by atoms with van der Waals surface area (Å²) in [6.45, 7) is 2.33. The number of ether oxygens (including phenoxy) is 1. The normalized spacial score (nSPS) is 10.4. The summed E-state index contributed by atoms with van der Waals surface area (Å²) in [5.74, 6) is 0.340. The largest absolute Gasteiger partial charge is 0.489 e. The molecule has 2 nitrogen and oxygen atoms in total. The van der Waals surface area contributed by atoms with Gasteiger partial charge in [0.15, 0.2) is 5.82 Å². The maximum atomic E-state index is 13.7. The molecule has 0 aliphatic carbocycles. The molecule has 0 aromatic heterocycles. The van der Waals surface area contributed by atoms with Gasteiger partial charge in [-0.15, -0.1) is 0 Å². The summed E-state index contributed by atoms with van der Waals surface area (Å²) in [6, 6.07) is 12.8. The second-order valence-corrected chi connectivity index (χ2v) is 4.50. The van der Waals surface area contributed by atoms with Gasteiger partial charge in [0, 0.05) is 5.56 Å². The van der Waals surface area contributed by atoms with Crippen LogP contribution in [-0.4, -0.2) is 0 Å².